The van der Waals surface area contributed by atoms with Gasteiger partial charge in [-0.25, -0.2) is 16.8 Å². The third kappa shape index (κ3) is 7.88. The number of halogens is 3. The Hall–Kier alpha value is -1.27. The van der Waals surface area contributed by atoms with Crippen molar-refractivity contribution >= 4 is 54.5 Å². The summed E-state index contributed by atoms with van der Waals surface area (Å²) in [6.07, 6.45) is -2.16. The largest absolute Gasteiger partial charge is 0.491 e. The molecule has 184 valence electrons. The minimum absolute atomic E-state index is 0.00446. The van der Waals surface area contributed by atoms with Gasteiger partial charge < -0.3 is 19.7 Å². The van der Waals surface area contributed by atoms with Gasteiger partial charge in [-0.2, -0.15) is 0 Å². The van der Waals surface area contributed by atoms with Crippen LogP contribution in [0.25, 0.3) is 0 Å². The van der Waals surface area contributed by atoms with Crippen LogP contribution in [0, 0.1) is 0 Å². The van der Waals surface area contributed by atoms with E-state index < -0.39 is 44.2 Å². The predicted octanol–water partition coefficient (Wildman–Crippen LogP) is 2.98. The van der Waals surface area contributed by atoms with Crippen LogP contribution in [0.15, 0.2) is 46.2 Å². The monoisotopic (exact) mass is 560 g/mol. The van der Waals surface area contributed by atoms with E-state index in [4.69, 9.17) is 44.3 Å². The summed E-state index contributed by atoms with van der Waals surface area (Å²) in [6, 6.07) is 7.81. The van der Waals surface area contributed by atoms with Gasteiger partial charge in [-0.3, -0.25) is 0 Å². The van der Waals surface area contributed by atoms with E-state index in [0.29, 0.717) is 5.75 Å². The molecule has 0 spiro atoms. The Labute approximate surface area is 207 Å². The molecule has 0 aliphatic heterocycles. The molecule has 8 nitrogen and oxygen atoms in total. The number of hydrogen-bond donors (Lipinski definition) is 2. The molecule has 0 radical (unpaired) electrons. The summed E-state index contributed by atoms with van der Waals surface area (Å²) < 4.78 is 59.8. The van der Waals surface area contributed by atoms with Gasteiger partial charge in [0.25, 0.3) is 0 Å². The molecule has 0 aromatic heterocycles. The fraction of sp³-hybridized carbons (Fsp3) is 0.400. The number of hydrogen-bond acceptors (Lipinski definition) is 8. The zero-order valence-corrected chi connectivity index (χ0v) is 21.3. The Balaban J connectivity index is 2.17. The van der Waals surface area contributed by atoms with Gasteiger partial charge in [-0.15, -0.1) is 11.6 Å². The van der Waals surface area contributed by atoms with Crippen LogP contribution in [-0.4, -0.2) is 69.9 Å². The zero-order valence-electron chi connectivity index (χ0n) is 17.4. The first kappa shape index (κ1) is 28.0. The zero-order chi connectivity index (χ0) is 24.8. The number of alkyl halides is 1. The van der Waals surface area contributed by atoms with Gasteiger partial charge in [0, 0.05) is 5.75 Å². The highest BCUT2D eigenvalue weighted by Crippen LogP contribution is 2.37. The second kappa shape index (κ2) is 11.9. The third-order valence-electron chi connectivity index (χ3n) is 4.34. The summed E-state index contributed by atoms with van der Waals surface area (Å²) in [6.45, 7) is 1.02. The van der Waals surface area contributed by atoms with E-state index in [0.717, 1.165) is 12.1 Å². The van der Waals surface area contributed by atoms with Gasteiger partial charge in [0.15, 0.2) is 15.6 Å². The Morgan fingerprint density at radius 2 is 1.42 bits per heavy atom. The number of aliphatic hydroxyl groups is 2. The fourth-order valence-corrected chi connectivity index (χ4v) is 5.60. The van der Waals surface area contributed by atoms with Crippen molar-refractivity contribution in [2.45, 2.75) is 28.9 Å². The van der Waals surface area contributed by atoms with Gasteiger partial charge in [-0.1, -0.05) is 30.1 Å². The van der Waals surface area contributed by atoms with E-state index in [1.807, 2.05) is 0 Å². The summed E-state index contributed by atoms with van der Waals surface area (Å²) in [5.41, 5.74) is 0. The normalized spacial score (nSPS) is 14.0. The van der Waals surface area contributed by atoms with Crippen LogP contribution < -0.4 is 9.47 Å². The molecule has 0 heterocycles. The fourth-order valence-electron chi connectivity index (χ4n) is 2.56. The summed E-state index contributed by atoms with van der Waals surface area (Å²) in [5.74, 6) is -0.339. The average Bonchev–Trinajstić information content (AvgIpc) is 2.76. The highest BCUT2D eigenvalue weighted by atomic mass is 35.5. The summed E-state index contributed by atoms with van der Waals surface area (Å²) >= 11 is 17.8. The van der Waals surface area contributed by atoms with E-state index in [1.165, 1.54) is 31.2 Å². The predicted molar refractivity (Wildman–Crippen MR) is 126 cm³/mol. The molecule has 2 rings (SSSR count). The molecule has 2 aromatic carbocycles. The summed E-state index contributed by atoms with van der Waals surface area (Å²) in [7, 11) is -7.41. The maximum Gasteiger partial charge on any atom is 0.206 e. The van der Waals surface area contributed by atoms with Gasteiger partial charge in [-0.05, 0) is 36.4 Å². The van der Waals surface area contributed by atoms with Gasteiger partial charge in [0.05, 0.1) is 31.5 Å². The second-order valence-electron chi connectivity index (χ2n) is 6.97. The summed E-state index contributed by atoms with van der Waals surface area (Å²) in [4.78, 5) is -0.237. The molecule has 0 aliphatic rings. The first-order valence-electron chi connectivity index (χ1n) is 9.62. The molecule has 33 heavy (non-hydrogen) atoms. The van der Waals surface area contributed by atoms with Crippen molar-refractivity contribution in [2.75, 3.05) is 30.6 Å². The van der Waals surface area contributed by atoms with E-state index in [-0.39, 0.29) is 43.8 Å². The minimum atomic E-state index is -3.99. The SMILES string of the molecule is CCS(=O)(=O)C[C@@H](O)COc1c(Cl)cc(S(=O)(=O)c2ccc(OC[C@H](O)CCl)cc2)cc1Cl. The molecule has 0 aliphatic carbocycles. The second-order valence-corrected chi connectivity index (χ2v) is 12.4. The number of ether oxygens (including phenoxy) is 2. The van der Waals surface area contributed by atoms with E-state index in [9.17, 15) is 27.0 Å². The number of benzene rings is 2. The van der Waals surface area contributed by atoms with Crippen molar-refractivity contribution in [3.63, 3.8) is 0 Å². The van der Waals surface area contributed by atoms with Crippen LogP contribution in [0.4, 0.5) is 0 Å². The highest BCUT2D eigenvalue weighted by Gasteiger charge is 2.23. The lowest BCUT2D eigenvalue weighted by Gasteiger charge is -2.15. The van der Waals surface area contributed by atoms with Crippen LogP contribution in [0.1, 0.15) is 6.92 Å². The van der Waals surface area contributed by atoms with Crippen LogP contribution in [0.5, 0.6) is 11.5 Å². The Morgan fingerprint density at radius 3 is 1.94 bits per heavy atom. The lowest BCUT2D eigenvalue weighted by Crippen LogP contribution is -2.28. The standard InChI is InChI=1S/C20H23Cl3O8S2/c1-2-32(26,27)12-14(25)11-31-20-18(22)7-17(8-19(20)23)33(28,29)16-5-3-15(4-6-16)30-10-13(24)9-21/h3-8,13-14,24-25H,2,9-12H2,1H3/t13-,14+/m1/s1. The quantitative estimate of drug-likeness (QED) is 0.379. The number of rotatable bonds is 12. The molecule has 0 saturated carbocycles. The first-order valence-corrected chi connectivity index (χ1v) is 14.2. The maximum absolute atomic E-state index is 13.0. The smallest absolute Gasteiger partial charge is 0.206 e. The molecule has 0 unspecified atom stereocenters. The third-order valence-corrected chi connectivity index (χ3v) is 8.78. The molecular weight excluding hydrogens is 539 g/mol. The molecule has 2 aromatic rings. The molecule has 0 fully saturated rings. The molecule has 13 heteroatoms. The molecule has 0 bridgehead atoms. The van der Waals surface area contributed by atoms with Crippen molar-refractivity contribution in [1.82, 2.24) is 0 Å². The molecule has 0 amide bonds. The Kier molecular flexibility index (Phi) is 10.1. The molecular formula is C20H23Cl3O8S2. The van der Waals surface area contributed by atoms with Gasteiger partial charge in [0.1, 0.15) is 31.2 Å². The number of sulfone groups is 2. The van der Waals surface area contributed by atoms with E-state index >= 15 is 0 Å². The molecule has 2 atom stereocenters. The molecule has 2 N–H and O–H groups in total. The highest BCUT2D eigenvalue weighted by molar-refractivity contribution is 7.91. The topological polar surface area (TPSA) is 127 Å². The van der Waals surface area contributed by atoms with Crippen LogP contribution in [-0.2, 0) is 19.7 Å². The molecule has 0 saturated heterocycles. The average molecular weight is 562 g/mol. The van der Waals surface area contributed by atoms with E-state index in [2.05, 4.69) is 0 Å². The van der Waals surface area contributed by atoms with Crippen molar-refractivity contribution in [3.8, 4) is 11.5 Å². The lowest BCUT2D eigenvalue weighted by molar-refractivity contribution is 0.125. The Bertz CT molecular complexity index is 1130. The minimum Gasteiger partial charge on any atom is -0.491 e. The lowest BCUT2D eigenvalue weighted by atomic mass is 10.3. The first-order chi connectivity index (χ1) is 15.4. The van der Waals surface area contributed by atoms with E-state index in [1.54, 1.807) is 0 Å². The van der Waals surface area contributed by atoms with Crippen LogP contribution in [0.2, 0.25) is 10.0 Å². The van der Waals surface area contributed by atoms with Crippen LogP contribution >= 0.6 is 34.8 Å². The van der Waals surface area contributed by atoms with Crippen molar-refractivity contribution in [3.05, 3.63) is 46.4 Å². The van der Waals surface area contributed by atoms with Crippen molar-refractivity contribution in [2.24, 2.45) is 0 Å². The van der Waals surface area contributed by atoms with Crippen molar-refractivity contribution < 1.29 is 36.5 Å². The maximum atomic E-state index is 13.0. The van der Waals surface area contributed by atoms with Crippen molar-refractivity contribution in [1.29, 1.82) is 0 Å². The van der Waals surface area contributed by atoms with Gasteiger partial charge in [0.2, 0.25) is 9.84 Å². The Morgan fingerprint density at radius 1 is 0.879 bits per heavy atom. The summed E-state index contributed by atoms with van der Waals surface area (Å²) in [5, 5.41) is 19.1. The van der Waals surface area contributed by atoms with Crippen LogP contribution in [0.3, 0.4) is 0 Å². The van der Waals surface area contributed by atoms with Gasteiger partial charge >= 0.3 is 0 Å². The number of aliphatic hydroxyl groups excluding tert-OH is 2.